The third-order valence-corrected chi connectivity index (χ3v) is 6.76. The van der Waals surface area contributed by atoms with Crippen LogP contribution in [0.4, 0.5) is 0 Å². The van der Waals surface area contributed by atoms with Crippen molar-refractivity contribution in [2.24, 2.45) is 5.10 Å². The zero-order valence-corrected chi connectivity index (χ0v) is 21.9. The first-order chi connectivity index (χ1) is 17.5. The largest absolute Gasteiger partial charge is 0.494 e. The summed E-state index contributed by atoms with van der Waals surface area (Å²) in [6.45, 7) is 4.31. The van der Waals surface area contributed by atoms with Crippen LogP contribution in [0.15, 0.2) is 83.1 Å². The van der Waals surface area contributed by atoms with Crippen LogP contribution >= 0.6 is 35.0 Å². The number of carbonyl (C=O) groups is 1. The van der Waals surface area contributed by atoms with Gasteiger partial charge in [-0.3, -0.25) is 9.36 Å². The maximum absolute atomic E-state index is 12.6. The molecule has 0 atom stereocenters. The molecule has 184 valence electrons. The van der Waals surface area contributed by atoms with Gasteiger partial charge >= 0.3 is 0 Å². The molecule has 0 spiro atoms. The van der Waals surface area contributed by atoms with Crippen molar-refractivity contribution < 1.29 is 9.53 Å². The predicted octanol–water partition coefficient (Wildman–Crippen LogP) is 6.27. The van der Waals surface area contributed by atoms with Crippen molar-refractivity contribution in [3.05, 3.63) is 88.4 Å². The van der Waals surface area contributed by atoms with Crippen LogP contribution in [-0.4, -0.2) is 38.7 Å². The topological polar surface area (TPSA) is 81.4 Å². The highest BCUT2D eigenvalue weighted by Crippen LogP contribution is 2.29. The summed E-state index contributed by atoms with van der Waals surface area (Å²) in [7, 11) is 0. The molecule has 3 aromatic carbocycles. The zero-order valence-electron chi connectivity index (χ0n) is 19.6. The van der Waals surface area contributed by atoms with E-state index in [1.165, 1.54) is 11.8 Å². The lowest BCUT2D eigenvalue weighted by Crippen LogP contribution is -2.21. The second kappa shape index (κ2) is 12.1. The van der Waals surface area contributed by atoms with Crippen molar-refractivity contribution >= 4 is 46.6 Å². The average molecular weight is 540 g/mol. The lowest BCUT2D eigenvalue weighted by Gasteiger charge is -2.11. The predicted molar refractivity (Wildman–Crippen MR) is 146 cm³/mol. The number of hydrogen-bond acceptors (Lipinski definition) is 6. The van der Waals surface area contributed by atoms with Crippen LogP contribution in [0, 0.1) is 0 Å². The number of rotatable bonds is 9. The first kappa shape index (κ1) is 25.8. The number of amides is 1. The van der Waals surface area contributed by atoms with Gasteiger partial charge in [-0.1, -0.05) is 71.4 Å². The molecule has 0 aliphatic rings. The molecule has 4 rings (SSSR count). The molecule has 0 aliphatic heterocycles. The molecule has 1 heterocycles. The summed E-state index contributed by atoms with van der Waals surface area (Å²) in [4.78, 5) is 12.6. The summed E-state index contributed by atoms with van der Waals surface area (Å²) in [6, 6.07) is 22.6. The molecule has 0 radical (unpaired) electrons. The highest BCUT2D eigenvalue weighted by Gasteiger charge is 2.17. The van der Waals surface area contributed by atoms with Crippen LogP contribution in [0.3, 0.4) is 0 Å². The molecule has 36 heavy (non-hydrogen) atoms. The van der Waals surface area contributed by atoms with Gasteiger partial charge in [-0.15, -0.1) is 10.2 Å². The summed E-state index contributed by atoms with van der Waals surface area (Å²) in [5, 5.41) is 14.4. The molecule has 1 amide bonds. The molecule has 1 N–H and O–H groups in total. The second-order valence-electron chi connectivity index (χ2n) is 7.58. The molecule has 0 aliphatic carbocycles. The minimum atomic E-state index is -0.276. The maximum atomic E-state index is 12.6. The average Bonchev–Trinajstić information content (AvgIpc) is 3.33. The molecule has 0 unspecified atom stereocenters. The number of thioether (sulfide) groups is 1. The van der Waals surface area contributed by atoms with E-state index in [4.69, 9.17) is 27.9 Å². The monoisotopic (exact) mass is 539 g/mol. The standard InChI is InChI=1S/C26H23Cl2N5O2S/c1-3-35-21-12-10-20(11-13-21)33-25(18-7-5-4-6-8-18)31-32-26(33)36-16-24(34)30-29-17(2)19-9-14-22(27)23(28)15-19/h4-15H,3,16H2,1-2H3,(H,30,34). The normalized spacial score (nSPS) is 11.4. The van der Waals surface area contributed by atoms with Gasteiger partial charge in [0.25, 0.3) is 5.91 Å². The van der Waals surface area contributed by atoms with Crippen molar-refractivity contribution in [2.45, 2.75) is 19.0 Å². The SMILES string of the molecule is CCOc1ccc(-n2c(SCC(=O)NN=C(C)c3ccc(Cl)c(Cl)c3)nnc2-c2ccccc2)cc1. The molecule has 10 heteroatoms. The van der Waals surface area contributed by atoms with Crippen LogP contribution in [0.2, 0.25) is 10.0 Å². The Morgan fingerprint density at radius 3 is 2.47 bits per heavy atom. The smallest absolute Gasteiger partial charge is 0.250 e. The Morgan fingerprint density at radius 1 is 1.03 bits per heavy atom. The highest BCUT2D eigenvalue weighted by molar-refractivity contribution is 7.99. The number of halogens is 2. The minimum absolute atomic E-state index is 0.0993. The van der Waals surface area contributed by atoms with Crippen LogP contribution in [0.5, 0.6) is 5.75 Å². The minimum Gasteiger partial charge on any atom is -0.494 e. The van der Waals surface area contributed by atoms with E-state index in [0.29, 0.717) is 33.3 Å². The first-order valence-electron chi connectivity index (χ1n) is 11.1. The van der Waals surface area contributed by atoms with Gasteiger partial charge in [0.05, 0.1) is 28.1 Å². The third-order valence-electron chi connectivity index (χ3n) is 5.09. The Balaban J connectivity index is 1.52. The quantitative estimate of drug-likeness (QED) is 0.154. The van der Waals surface area contributed by atoms with E-state index in [0.717, 1.165) is 22.6 Å². The number of nitrogens with zero attached hydrogens (tertiary/aromatic N) is 4. The number of carbonyl (C=O) groups excluding carboxylic acids is 1. The zero-order chi connectivity index (χ0) is 25.5. The number of benzene rings is 3. The Labute approximate surface area is 223 Å². The Hall–Kier alpha value is -3.33. The third kappa shape index (κ3) is 6.26. The second-order valence-corrected chi connectivity index (χ2v) is 9.34. The van der Waals surface area contributed by atoms with Crippen LogP contribution in [0.25, 0.3) is 17.1 Å². The van der Waals surface area contributed by atoms with Crippen molar-refractivity contribution in [1.82, 2.24) is 20.2 Å². The van der Waals surface area contributed by atoms with Gasteiger partial charge < -0.3 is 4.74 Å². The fourth-order valence-corrected chi connectivity index (χ4v) is 4.37. The van der Waals surface area contributed by atoms with Gasteiger partial charge in [-0.05, 0) is 55.8 Å². The first-order valence-corrected chi connectivity index (χ1v) is 12.9. The molecule has 0 bridgehead atoms. The van der Waals surface area contributed by atoms with E-state index in [-0.39, 0.29) is 11.7 Å². The van der Waals surface area contributed by atoms with Crippen molar-refractivity contribution in [2.75, 3.05) is 12.4 Å². The van der Waals surface area contributed by atoms with E-state index in [1.54, 1.807) is 25.1 Å². The lowest BCUT2D eigenvalue weighted by molar-refractivity contribution is -0.118. The number of nitrogens with one attached hydrogen (secondary N) is 1. The summed E-state index contributed by atoms with van der Waals surface area (Å²) < 4.78 is 7.49. The van der Waals surface area contributed by atoms with Crippen molar-refractivity contribution in [1.29, 1.82) is 0 Å². The summed E-state index contributed by atoms with van der Waals surface area (Å²) in [5.41, 5.74) is 5.73. The number of hydrogen-bond donors (Lipinski definition) is 1. The van der Waals surface area contributed by atoms with Gasteiger partial charge in [-0.25, -0.2) is 5.43 Å². The molecule has 4 aromatic rings. The molecular formula is C26H23Cl2N5O2S. The molecular weight excluding hydrogens is 517 g/mol. The fourth-order valence-electron chi connectivity index (χ4n) is 3.32. The highest BCUT2D eigenvalue weighted by atomic mass is 35.5. The van der Waals surface area contributed by atoms with Crippen molar-refractivity contribution in [3.8, 4) is 22.8 Å². The molecule has 0 saturated carbocycles. The molecule has 7 nitrogen and oxygen atoms in total. The van der Waals surface area contributed by atoms with Gasteiger partial charge in [0.1, 0.15) is 5.75 Å². The molecule has 1 aromatic heterocycles. The van der Waals surface area contributed by atoms with Gasteiger partial charge in [0.2, 0.25) is 0 Å². The van der Waals surface area contributed by atoms with Gasteiger partial charge in [0.15, 0.2) is 11.0 Å². The lowest BCUT2D eigenvalue weighted by atomic mass is 10.1. The maximum Gasteiger partial charge on any atom is 0.250 e. The van der Waals surface area contributed by atoms with E-state index in [1.807, 2.05) is 66.1 Å². The van der Waals surface area contributed by atoms with Crippen molar-refractivity contribution in [3.63, 3.8) is 0 Å². The van der Waals surface area contributed by atoms with Crippen LogP contribution in [0.1, 0.15) is 19.4 Å². The number of hydrazone groups is 1. The van der Waals surface area contributed by atoms with Crippen LogP contribution < -0.4 is 10.2 Å². The van der Waals surface area contributed by atoms with Crippen LogP contribution in [-0.2, 0) is 4.79 Å². The van der Waals surface area contributed by atoms with E-state index in [2.05, 4.69) is 20.7 Å². The van der Waals surface area contributed by atoms with E-state index < -0.39 is 0 Å². The van der Waals surface area contributed by atoms with E-state index in [9.17, 15) is 4.79 Å². The van der Waals surface area contributed by atoms with Gasteiger partial charge in [0, 0.05) is 11.3 Å². The number of ether oxygens (including phenoxy) is 1. The van der Waals surface area contributed by atoms with Gasteiger partial charge in [-0.2, -0.15) is 5.10 Å². The molecule has 0 saturated heterocycles. The summed E-state index contributed by atoms with van der Waals surface area (Å²) in [5.74, 6) is 1.28. The fraction of sp³-hybridized carbons (Fsp3) is 0.154. The molecule has 0 fully saturated rings. The summed E-state index contributed by atoms with van der Waals surface area (Å²) in [6.07, 6.45) is 0. The summed E-state index contributed by atoms with van der Waals surface area (Å²) >= 11 is 13.3. The Bertz CT molecular complexity index is 1380. The Kier molecular flexibility index (Phi) is 8.64. The Morgan fingerprint density at radius 2 is 1.78 bits per heavy atom. The van der Waals surface area contributed by atoms with E-state index >= 15 is 0 Å². The number of aromatic nitrogens is 3.